The molecule has 2 rings (SSSR count). The molecule has 2 heteroatoms. The molecule has 0 radical (unpaired) electrons. The first-order chi connectivity index (χ1) is 10.7. The molecule has 0 aliphatic heterocycles. The number of benzene rings is 2. The van der Waals surface area contributed by atoms with E-state index in [1.54, 1.807) is 0 Å². The Labute approximate surface area is 133 Å². The summed E-state index contributed by atoms with van der Waals surface area (Å²) in [6, 6.07) is 15.3. The minimum absolute atomic E-state index is 0.0122. The SMILES string of the molecule is CCc1cc(CCC(CO)CO)ccc1-c1ccc(C)cc1. The van der Waals surface area contributed by atoms with Crippen LogP contribution in [0.15, 0.2) is 42.5 Å². The smallest absolute Gasteiger partial charge is 0.0481 e. The van der Waals surface area contributed by atoms with Crippen molar-refractivity contribution < 1.29 is 10.2 Å². The lowest BCUT2D eigenvalue weighted by atomic mass is 9.93. The van der Waals surface area contributed by atoms with Crippen molar-refractivity contribution in [2.75, 3.05) is 13.2 Å². The molecule has 0 unspecified atom stereocenters. The molecular formula is C20H26O2. The van der Waals surface area contributed by atoms with Crippen molar-refractivity contribution in [1.29, 1.82) is 0 Å². The third-order valence-corrected chi connectivity index (χ3v) is 4.27. The van der Waals surface area contributed by atoms with E-state index < -0.39 is 0 Å². The lowest BCUT2D eigenvalue weighted by Gasteiger charge is -2.13. The van der Waals surface area contributed by atoms with Crippen molar-refractivity contribution in [2.45, 2.75) is 33.1 Å². The third kappa shape index (κ3) is 4.19. The average molecular weight is 298 g/mol. The molecule has 0 aliphatic carbocycles. The summed E-state index contributed by atoms with van der Waals surface area (Å²) in [7, 11) is 0. The lowest BCUT2D eigenvalue weighted by molar-refractivity contribution is 0.144. The Kier molecular flexibility index (Phi) is 6.17. The second-order valence-electron chi connectivity index (χ2n) is 5.98. The zero-order chi connectivity index (χ0) is 15.9. The van der Waals surface area contributed by atoms with Crippen molar-refractivity contribution in [3.63, 3.8) is 0 Å². The quantitative estimate of drug-likeness (QED) is 0.817. The Hall–Kier alpha value is -1.64. The fourth-order valence-electron chi connectivity index (χ4n) is 2.72. The fraction of sp³-hybridized carbons (Fsp3) is 0.400. The molecule has 0 saturated carbocycles. The number of aliphatic hydroxyl groups is 2. The zero-order valence-corrected chi connectivity index (χ0v) is 13.5. The summed E-state index contributed by atoms with van der Waals surface area (Å²) in [5, 5.41) is 18.3. The number of rotatable bonds is 7. The van der Waals surface area contributed by atoms with Gasteiger partial charge < -0.3 is 10.2 Å². The average Bonchev–Trinajstić information content (AvgIpc) is 2.56. The van der Waals surface area contributed by atoms with Crippen LogP contribution in [0, 0.1) is 12.8 Å². The minimum atomic E-state index is -0.0122. The highest BCUT2D eigenvalue weighted by atomic mass is 16.3. The van der Waals surface area contributed by atoms with Crippen molar-refractivity contribution in [3.8, 4) is 11.1 Å². The summed E-state index contributed by atoms with van der Waals surface area (Å²) in [5.74, 6) is -0.0122. The van der Waals surface area contributed by atoms with Crippen molar-refractivity contribution >= 4 is 0 Å². The maximum Gasteiger partial charge on any atom is 0.0481 e. The molecule has 0 atom stereocenters. The normalized spacial score (nSPS) is 11.1. The molecule has 0 heterocycles. The van der Waals surface area contributed by atoms with E-state index in [4.69, 9.17) is 10.2 Å². The molecular weight excluding hydrogens is 272 g/mol. The third-order valence-electron chi connectivity index (χ3n) is 4.27. The van der Waals surface area contributed by atoms with Crippen molar-refractivity contribution in [3.05, 3.63) is 59.2 Å². The first-order valence-electron chi connectivity index (χ1n) is 8.08. The van der Waals surface area contributed by atoms with E-state index in [1.807, 2.05) is 0 Å². The van der Waals surface area contributed by atoms with Gasteiger partial charge >= 0.3 is 0 Å². The van der Waals surface area contributed by atoms with E-state index in [-0.39, 0.29) is 19.1 Å². The molecule has 0 spiro atoms. The van der Waals surface area contributed by atoms with Crippen LogP contribution in [0.25, 0.3) is 11.1 Å². The van der Waals surface area contributed by atoms with E-state index in [2.05, 4.69) is 56.3 Å². The van der Waals surface area contributed by atoms with Gasteiger partial charge in [-0.05, 0) is 48.4 Å². The second-order valence-corrected chi connectivity index (χ2v) is 5.98. The highest BCUT2D eigenvalue weighted by molar-refractivity contribution is 5.68. The van der Waals surface area contributed by atoms with E-state index in [0.29, 0.717) is 0 Å². The number of hydrogen-bond donors (Lipinski definition) is 2. The monoisotopic (exact) mass is 298 g/mol. The summed E-state index contributed by atoms with van der Waals surface area (Å²) in [6.45, 7) is 4.39. The molecule has 22 heavy (non-hydrogen) atoms. The van der Waals surface area contributed by atoms with E-state index in [1.165, 1.54) is 27.8 Å². The van der Waals surface area contributed by atoms with Gasteiger partial charge in [0.25, 0.3) is 0 Å². The van der Waals surface area contributed by atoms with Crippen LogP contribution in [-0.2, 0) is 12.8 Å². The van der Waals surface area contributed by atoms with Crippen molar-refractivity contribution in [2.24, 2.45) is 5.92 Å². The van der Waals surface area contributed by atoms with Crippen LogP contribution in [0.2, 0.25) is 0 Å². The van der Waals surface area contributed by atoms with Crippen LogP contribution < -0.4 is 0 Å². The maximum absolute atomic E-state index is 9.16. The van der Waals surface area contributed by atoms with Gasteiger partial charge in [-0.3, -0.25) is 0 Å². The van der Waals surface area contributed by atoms with Gasteiger partial charge in [0.15, 0.2) is 0 Å². The summed E-state index contributed by atoms with van der Waals surface area (Å²) >= 11 is 0. The van der Waals surface area contributed by atoms with Gasteiger partial charge in [0.2, 0.25) is 0 Å². The highest BCUT2D eigenvalue weighted by Crippen LogP contribution is 2.26. The molecule has 2 aromatic rings. The van der Waals surface area contributed by atoms with Crippen LogP contribution in [0.3, 0.4) is 0 Å². The van der Waals surface area contributed by atoms with Gasteiger partial charge in [0, 0.05) is 19.1 Å². The van der Waals surface area contributed by atoms with Gasteiger partial charge in [0.1, 0.15) is 0 Å². The minimum Gasteiger partial charge on any atom is -0.396 e. The Bertz CT molecular complexity index is 583. The Morgan fingerprint density at radius 1 is 0.955 bits per heavy atom. The van der Waals surface area contributed by atoms with Gasteiger partial charge in [-0.2, -0.15) is 0 Å². The predicted octanol–water partition coefficient (Wildman–Crippen LogP) is 3.76. The second kappa shape index (κ2) is 8.11. The topological polar surface area (TPSA) is 40.5 Å². The number of hydrogen-bond acceptors (Lipinski definition) is 2. The van der Waals surface area contributed by atoms with Crippen LogP contribution in [0.5, 0.6) is 0 Å². The molecule has 0 amide bonds. The largest absolute Gasteiger partial charge is 0.396 e. The first kappa shape index (κ1) is 16.7. The number of aryl methyl sites for hydroxylation is 3. The zero-order valence-electron chi connectivity index (χ0n) is 13.5. The van der Waals surface area contributed by atoms with Crippen LogP contribution in [-0.4, -0.2) is 23.4 Å². The van der Waals surface area contributed by atoms with Gasteiger partial charge in [-0.15, -0.1) is 0 Å². The standard InChI is InChI=1S/C20H26O2/c1-3-18-12-16(6-7-17(13-21)14-22)8-11-20(18)19-9-4-15(2)5-10-19/h4-5,8-12,17,21-22H,3,6-7,13-14H2,1-2H3. The molecule has 0 fully saturated rings. The van der Waals surface area contributed by atoms with Crippen LogP contribution >= 0.6 is 0 Å². The van der Waals surface area contributed by atoms with Gasteiger partial charge in [0.05, 0.1) is 0 Å². The van der Waals surface area contributed by atoms with Gasteiger partial charge in [-0.25, -0.2) is 0 Å². The summed E-state index contributed by atoms with van der Waals surface area (Å²) in [6.07, 6.45) is 2.72. The Balaban J connectivity index is 2.19. The Morgan fingerprint density at radius 2 is 1.64 bits per heavy atom. The van der Waals surface area contributed by atoms with E-state index >= 15 is 0 Å². The molecule has 2 aromatic carbocycles. The maximum atomic E-state index is 9.16. The molecule has 0 aromatic heterocycles. The summed E-state index contributed by atoms with van der Waals surface area (Å²) in [5.41, 5.74) is 6.47. The summed E-state index contributed by atoms with van der Waals surface area (Å²) in [4.78, 5) is 0. The molecule has 0 saturated heterocycles. The summed E-state index contributed by atoms with van der Waals surface area (Å²) < 4.78 is 0. The van der Waals surface area contributed by atoms with Crippen LogP contribution in [0.1, 0.15) is 30.0 Å². The first-order valence-corrected chi connectivity index (χ1v) is 8.08. The predicted molar refractivity (Wildman–Crippen MR) is 92.0 cm³/mol. The lowest BCUT2D eigenvalue weighted by Crippen LogP contribution is -2.11. The van der Waals surface area contributed by atoms with E-state index in [0.717, 1.165) is 19.3 Å². The number of aliphatic hydroxyl groups excluding tert-OH is 2. The van der Waals surface area contributed by atoms with Gasteiger partial charge in [-0.1, -0.05) is 55.0 Å². The fourth-order valence-corrected chi connectivity index (χ4v) is 2.72. The molecule has 2 N–H and O–H groups in total. The molecule has 118 valence electrons. The molecule has 0 bridgehead atoms. The Morgan fingerprint density at radius 3 is 2.23 bits per heavy atom. The highest BCUT2D eigenvalue weighted by Gasteiger charge is 2.08. The molecule has 2 nitrogen and oxygen atoms in total. The van der Waals surface area contributed by atoms with Crippen LogP contribution in [0.4, 0.5) is 0 Å². The van der Waals surface area contributed by atoms with E-state index in [9.17, 15) is 0 Å². The molecule has 0 aliphatic rings. The van der Waals surface area contributed by atoms with Crippen molar-refractivity contribution in [1.82, 2.24) is 0 Å².